The predicted molar refractivity (Wildman–Crippen MR) is 103 cm³/mol. The Morgan fingerprint density at radius 1 is 1.22 bits per heavy atom. The van der Waals surface area contributed by atoms with Crippen molar-refractivity contribution < 1.29 is 14.4 Å². The lowest BCUT2D eigenvalue weighted by Crippen LogP contribution is -2.47. The Hall–Kier alpha value is -2.37. The molecule has 3 rings (SSSR count). The van der Waals surface area contributed by atoms with E-state index in [-0.39, 0.29) is 24.4 Å². The molecule has 1 saturated heterocycles. The van der Waals surface area contributed by atoms with Gasteiger partial charge in [-0.3, -0.25) is 14.5 Å². The number of fused-ring (bicyclic) bond motifs is 1. The summed E-state index contributed by atoms with van der Waals surface area (Å²) in [5, 5.41) is 5.87. The molecule has 146 valence electrons. The molecule has 1 aliphatic heterocycles. The zero-order valence-corrected chi connectivity index (χ0v) is 16.2. The summed E-state index contributed by atoms with van der Waals surface area (Å²) in [7, 11) is 0. The highest BCUT2D eigenvalue weighted by Gasteiger charge is 2.50. The van der Waals surface area contributed by atoms with E-state index in [0.29, 0.717) is 12.8 Å². The van der Waals surface area contributed by atoms with Gasteiger partial charge in [-0.05, 0) is 43.2 Å². The third-order valence-electron chi connectivity index (χ3n) is 5.61. The van der Waals surface area contributed by atoms with Crippen molar-refractivity contribution in [3.05, 3.63) is 35.4 Å². The van der Waals surface area contributed by atoms with Crippen molar-refractivity contribution in [3.8, 4) is 0 Å². The molecule has 0 spiro atoms. The quantitative estimate of drug-likeness (QED) is 0.723. The maximum Gasteiger partial charge on any atom is 0.325 e. The van der Waals surface area contributed by atoms with Crippen LogP contribution in [0.15, 0.2) is 24.3 Å². The summed E-state index contributed by atoms with van der Waals surface area (Å²) in [6.45, 7) is 3.76. The van der Waals surface area contributed by atoms with Gasteiger partial charge < -0.3 is 10.6 Å². The standard InChI is InChI=1S/C21H29N3O3/c1-3-12-21(13-4-2)19(26)24(20(27)23-21)14-18(25)22-17-11-7-9-15-8-5-6-10-16(15)17/h5-6,8,10,17H,3-4,7,9,11-14H2,1-2H3,(H,22,25)(H,23,27)/t17-/m0/s1. The van der Waals surface area contributed by atoms with Crippen LogP contribution < -0.4 is 10.6 Å². The fraction of sp³-hybridized carbons (Fsp3) is 0.571. The van der Waals surface area contributed by atoms with E-state index in [0.717, 1.165) is 42.6 Å². The van der Waals surface area contributed by atoms with Gasteiger partial charge in [-0.15, -0.1) is 0 Å². The van der Waals surface area contributed by atoms with Gasteiger partial charge in [-0.2, -0.15) is 0 Å². The Morgan fingerprint density at radius 2 is 1.93 bits per heavy atom. The molecule has 4 amide bonds. The number of carbonyl (C=O) groups excluding carboxylic acids is 3. The van der Waals surface area contributed by atoms with E-state index in [1.165, 1.54) is 5.56 Å². The van der Waals surface area contributed by atoms with Gasteiger partial charge in [0.15, 0.2) is 0 Å². The molecule has 1 aromatic rings. The Labute approximate surface area is 160 Å². The second-order valence-electron chi connectivity index (χ2n) is 7.61. The molecule has 1 heterocycles. The lowest BCUT2D eigenvalue weighted by atomic mass is 9.87. The Kier molecular flexibility index (Phi) is 5.82. The molecule has 1 fully saturated rings. The maximum absolute atomic E-state index is 12.9. The lowest BCUT2D eigenvalue weighted by molar-refractivity contribution is -0.135. The zero-order valence-electron chi connectivity index (χ0n) is 16.2. The number of hydrogen-bond acceptors (Lipinski definition) is 3. The molecular formula is C21H29N3O3. The first-order valence-corrected chi connectivity index (χ1v) is 10.0. The molecule has 2 N–H and O–H groups in total. The molecule has 0 aromatic heterocycles. The van der Waals surface area contributed by atoms with E-state index in [2.05, 4.69) is 16.7 Å². The Morgan fingerprint density at radius 3 is 2.63 bits per heavy atom. The van der Waals surface area contributed by atoms with Gasteiger partial charge >= 0.3 is 6.03 Å². The van der Waals surface area contributed by atoms with Gasteiger partial charge in [-0.25, -0.2) is 4.79 Å². The molecule has 27 heavy (non-hydrogen) atoms. The van der Waals surface area contributed by atoms with Crippen LogP contribution in [0.4, 0.5) is 4.79 Å². The SMILES string of the molecule is CCCC1(CCC)NC(=O)N(CC(=O)N[C@H]2CCCc3ccccc32)C1=O. The molecule has 6 heteroatoms. The zero-order chi connectivity index (χ0) is 19.4. The van der Waals surface area contributed by atoms with Crippen molar-refractivity contribution in [2.75, 3.05) is 6.54 Å². The molecule has 0 bridgehead atoms. The van der Waals surface area contributed by atoms with E-state index in [4.69, 9.17) is 0 Å². The summed E-state index contributed by atoms with van der Waals surface area (Å²) in [6.07, 6.45) is 5.70. The first-order valence-electron chi connectivity index (χ1n) is 10.0. The fourth-order valence-electron chi connectivity index (χ4n) is 4.42. The molecule has 2 aliphatic rings. The van der Waals surface area contributed by atoms with Crippen LogP contribution in [-0.2, 0) is 16.0 Å². The van der Waals surface area contributed by atoms with Crippen molar-refractivity contribution >= 4 is 17.8 Å². The van der Waals surface area contributed by atoms with Crippen molar-refractivity contribution in [1.82, 2.24) is 15.5 Å². The monoisotopic (exact) mass is 371 g/mol. The minimum atomic E-state index is -0.849. The number of nitrogens with one attached hydrogen (secondary N) is 2. The van der Waals surface area contributed by atoms with Crippen molar-refractivity contribution in [1.29, 1.82) is 0 Å². The Balaban J connectivity index is 1.68. The van der Waals surface area contributed by atoms with E-state index >= 15 is 0 Å². The molecule has 1 aliphatic carbocycles. The largest absolute Gasteiger partial charge is 0.348 e. The van der Waals surface area contributed by atoms with Gasteiger partial charge in [0, 0.05) is 0 Å². The number of rotatable bonds is 7. The average molecular weight is 371 g/mol. The molecule has 0 unspecified atom stereocenters. The predicted octanol–water partition coefficient (Wildman–Crippen LogP) is 3.07. The van der Waals surface area contributed by atoms with E-state index in [1.807, 2.05) is 32.0 Å². The number of aryl methyl sites for hydroxylation is 1. The minimum Gasteiger partial charge on any atom is -0.348 e. The van der Waals surface area contributed by atoms with Crippen molar-refractivity contribution in [3.63, 3.8) is 0 Å². The van der Waals surface area contributed by atoms with Crippen LogP contribution in [-0.4, -0.2) is 34.8 Å². The number of imide groups is 1. The number of benzene rings is 1. The summed E-state index contributed by atoms with van der Waals surface area (Å²) < 4.78 is 0. The van der Waals surface area contributed by atoms with Gasteiger partial charge in [0.2, 0.25) is 5.91 Å². The number of urea groups is 1. The van der Waals surface area contributed by atoms with Gasteiger partial charge in [0.25, 0.3) is 5.91 Å². The second-order valence-corrected chi connectivity index (χ2v) is 7.61. The maximum atomic E-state index is 12.9. The topological polar surface area (TPSA) is 78.5 Å². The van der Waals surface area contributed by atoms with Crippen LogP contribution in [0.3, 0.4) is 0 Å². The van der Waals surface area contributed by atoms with Gasteiger partial charge in [0.05, 0.1) is 6.04 Å². The lowest BCUT2D eigenvalue weighted by Gasteiger charge is -2.27. The highest BCUT2D eigenvalue weighted by Crippen LogP contribution is 2.30. The fourth-order valence-corrected chi connectivity index (χ4v) is 4.42. The van der Waals surface area contributed by atoms with Crippen LogP contribution in [0.1, 0.15) is 69.5 Å². The summed E-state index contributed by atoms with van der Waals surface area (Å²) in [5.41, 5.74) is 1.55. The summed E-state index contributed by atoms with van der Waals surface area (Å²) in [6, 6.07) is 7.61. The highest BCUT2D eigenvalue weighted by atomic mass is 16.2. The number of carbonyl (C=O) groups is 3. The molecular weight excluding hydrogens is 342 g/mol. The highest BCUT2D eigenvalue weighted by molar-refractivity contribution is 6.09. The van der Waals surface area contributed by atoms with Crippen LogP contribution in [0.25, 0.3) is 0 Å². The summed E-state index contributed by atoms with van der Waals surface area (Å²) in [4.78, 5) is 39.0. The third-order valence-corrected chi connectivity index (χ3v) is 5.61. The number of hydrogen-bond donors (Lipinski definition) is 2. The van der Waals surface area contributed by atoms with E-state index in [1.54, 1.807) is 0 Å². The van der Waals surface area contributed by atoms with Gasteiger partial charge in [-0.1, -0.05) is 51.0 Å². The van der Waals surface area contributed by atoms with Crippen LogP contribution in [0, 0.1) is 0 Å². The van der Waals surface area contributed by atoms with E-state index < -0.39 is 11.6 Å². The molecule has 6 nitrogen and oxygen atoms in total. The van der Waals surface area contributed by atoms with Crippen molar-refractivity contribution in [2.45, 2.75) is 70.4 Å². The Bertz CT molecular complexity index is 725. The normalized spacial score (nSPS) is 21.0. The minimum absolute atomic E-state index is 0.0562. The molecule has 1 aromatic carbocycles. The second kappa shape index (κ2) is 8.11. The van der Waals surface area contributed by atoms with E-state index in [9.17, 15) is 14.4 Å². The molecule has 0 radical (unpaired) electrons. The van der Waals surface area contributed by atoms with Crippen LogP contribution in [0.2, 0.25) is 0 Å². The number of amides is 4. The first kappa shape index (κ1) is 19.4. The average Bonchev–Trinajstić information content (AvgIpc) is 2.87. The van der Waals surface area contributed by atoms with Crippen LogP contribution in [0.5, 0.6) is 0 Å². The first-order chi connectivity index (χ1) is 13.0. The number of nitrogens with zero attached hydrogens (tertiary/aromatic N) is 1. The third kappa shape index (κ3) is 3.84. The summed E-state index contributed by atoms with van der Waals surface area (Å²) >= 11 is 0. The van der Waals surface area contributed by atoms with Gasteiger partial charge in [0.1, 0.15) is 12.1 Å². The van der Waals surface area contributed by atoms with Crippen molar-refractivity contribution in [2.24, 2.45) is 0 Å². The van der Waals surface area contributed by atoms with Crippen LogP contribution >= 0.6 is 0 Å². The smallest absolute Gasteiger partial charge is 0.325 e. The summed E-state index contributed by atoms with van der Waals surface area (Å²) in [5.74, 6) is -0.556. The molecule has 0 saturated carbocycles. The molecule has 1 atom stereocenters.